The summed E-state index contributed by atoms with van der Waals surface area (Å²) in [4.78, 5) is 22.4. The van der Waals surface area contributed by atoms with Gasteiger partial charge in [-0.05, 0) is 12.8 Å². The number of urea groups is 1. The maximum absolute atomic E-state index is 11.6. The molecule has 0 bridgehead atoms. The predicted octanol–water partition coefficient (Wildman–Crippen LogP) is 1.10. The minimum absolute atomic E-state index is 0.0183. The second kappa shape index (κ2) is 6.14. The van der Waals surface area contributed by atoms with Crippen molar-refractivity contribution in [1.82, 2.24) is 10.6 Å². The number of terminal acetylenes is 1. The van der Waals surface area contributed by atoms with E-state index in [4.69, 9.17) is 11.5 Å². The fraction of sp³-hybridized carbons (Fsp3) is 0.667. The summed E-state index contributed by atoms with van der Waals surface area (Å²) in [5.74, 6) is 1.54. The number of hydrogen-bond donors (Lipinski definition) is 3. The number of rotatable bonds is 5. The molecule has 1 fully saturated rings. The van der Waals surface area contributed by atoms with Gasteiger partial charge in [-0.25, -0.2) is 4.79 Å². The molecule has 1 saturated carbocycles. The molecule has 5 heteroatoms. The van der Waals surface area contributed by atoms with E-state index >= 15 is 0 Å². The highest BCUT2D eigenvalue weighted by molar-refractivity contribution is 5.76. The normalized spacial score (nSPS) is 17.1. The zero-order valence-corrected chi connectivity index (χ0v) is 9.79. The first-order valence-electron chi connectivity index (χ1n) is 5.79. The molecule has 3 N–H and O–H groups in total. The Morgan fingerprint density at radius 3 is 2.53 bits per heavy atom. The first kappa shape index (κ1) is 13.4. The van der Waals surface area contributed by atoms with E-state index in [0.29, 0.717) is 13.0 Å². The van der Waals surface area contributed by atoms with E-state index in [2.05, 4.69) is 16.6 Å². The molecule has 1 aliphatic carbocycles. The number of amides is 2. The molecule has 1 rings (SSSR count). The molecule has 0 aromatic carbocycles. The molecule has 0 heterocycles. The highest BCUT2D eigenvalue weighted by Gasteiger charge is 2.37. The molecule has 0 aromatic rings. The Morgan fingerprint density at radius 1 is 1.35 bits per heavy atom. The maximum Gasteiger partial charge on any atom is 0.315 e. The van der Waals surface area contributed by atoms with Crippen molar-refractivity contribution in [2.75, 3.05) is 6.54 Å². The molecular formula is C12H18N2O3. The Balaban J connectivity index is 2.46. The van der Waals surface area contributed by atoms with Gasteiger partial charge in [0.15, 0.2) is 0 Å². The molecule has 0 aromatic heterocycles. The van der Waals surface area contributed by atoms with Gasteiger partial charge in [0.25, 0.3) is 0 Å². The van der Waals surface area contributed by atoms with Gasteiger partial charge in [-0.1, -0.05) is 12.8 Å². The smallest absolute Gasteiger partial charge is 0.315 e. The van der Waals surface area contributed by atoms with Crippen molar-refractivity contribution in [3.63, 3.8) is 0 Å². The van der Waals surface area contributed by atoms with E-state index < -0.39 is 11.5 Å². The lowest BCUT2D eigenvalue weighted by Gasteiger charge is -2.28. The van der Waals surface area contributed by atoms with Crippen LogP contribution in [0.4, 0.5) is 4.79 Å². The SMILES string of the molecule is C#CCCNC(=O)NC1(CC(=O)O)CCCC1. The second-order valence-electron chi connectivity index (χ2n) is 4.39. The topological polar surface area (TPSA) is 78.4 Å². The highest BCUT2D eigenvalue weighted by Crippen LogP contribution is 2.32. The van der Waals surface area contributed by atoms with Crippen LogP contribution in [0.2, 0.25) is 0 Å². The number of nitrogens with one attached hydrogen (secondary N) is 2. The van der Waals surface area contributed by atoms with E-state index in [0.717, 1.165) is 25.7 Å². The van der Waals surface area contributed by atoms with E-state index in [1.54, 1.807) is 0 Å². The second-order valence-corrected chi connectivity index (χ2v) is 4.39. The molecule has 0 saturated heterocycles. The maximum atomic E-state index is 11.6. The Kier molecular flexibility index (Phi) is 4.83. The van der Waals surface area contributed by atoms with E-state index in [-0.39, 0.29) is 12.5 Å². The fourth-order valence-electron chi connectivity index (χ4n) is 2.22. The van der Waals surface area contributed by atoms with Gasteiger partial charge in [-0.3, -0.25) is 4.79 Å². The molecule has 0 atom stereocenters. The van der Waals surface area contributed by atoms with Crippen LogP contribution in [0, 0.1) is 12.3 Å². The van der Waals surface area contributed by atoms with Gasteiger partial charge < -0.3 is 15.7 Å². The van der Waals surface area contributed by atoms with Crippen molar-refractivity contribution in [3.05, 3.63) is 0 Å². The fourth-order valence-corrected chi connectivity index (χ4v) is 2.22. The van der Waals surface area contributed by atoms with Crippen molar-refractivity contribution < 1.29 is 14.7 Å². The van der Waals surface area contributed by atoms with Gasteiger partial charge in [-0.2, -0.15) is 0 Å². The minimum atomic E-state index is -0.879. The average Bonchev–Trinajstić information content (AvgIpc) is 2.65. The quantitative estimate of drug-likeness (QED) is 0.495. The minimum Gasteiger partial charge on any atom is -0.481 e. The van der Waals surface area contributed by atoms with Crippen LogP contribution in [-0.2, 0) is 4.79 Å². The van der Waals surface area contributed by atoms with Gasteiger partial charge >= 0.3 is 12.0 Å². The van der Waals surface area contributed by atoms with Gasteiger partial charge in [0.05, 0.1) is 12.0 Å². The third-order valence-corrected chi connectivity index (χ3v) is 2.98. The molecule has 17 heavy (non-hydrogen) atoms. The van der Waals surface area contributed by atoms with Crippen LogP contribution in [0.25, 0.3) is 0 Å². The highest BCUT2D eigenvalue weighted by atomic mass is 16.4. The van der Waals surface area contributed by atoms with Crippen molar-refractivity contribution >= 4 is 12.0 Å². The molecule has 94 valence electrons. The van der Waals surface area contributed by atoms with E-state index in [9.17, 15) is 9.59 Å². The Bertz CT molecular complexity index is 327. The van der Waals surface area contributed by atoms with E-state index in [1.807, 2.05) is 0 Å². The Labute approximate surface area is 101 Å². The lowest BCUT2D eigenvalue weighted by Crippen LogP contribution is -2.51. The number of carboxylic acids is 1. The van der Waals surface area contributed by atoms with Crippen LogP contribution < -0.4 is 10.6 Å². The van der Waals surface area contributed by atoms with Crippen LogP contribution >= 0.6 is 0 Å². The van der Waals surface area contributed by atoms with Crippen molar-refractivity contribution in [2.24, 2.45) is 0 Å². The average molecular weight is 238 g/mol. The number of carboxylic acid groups (broad SMARTS) is 1. The van der Waals surface area contributed by atoms with Gasteiger partial charge in [0.2, 0.25) is 0 Å². The number of aliphatic carboxylic acids is 1. The standard InChI is InChI=1S/C12H18N2O3/c1-2-3-8-13-11(17)14-12(9-10(15)16)6-4-5-7-12/h1H,3-9H2,(H,15,16)(H2,13,14,17). The molecule has 5 nitrogen and oxygen atoms in total. The third kappa shape index (κ3) is 4.35. The van der Waals surface area contributed by atoms with Crippen LogP contribution in [0.5, 0.6) is 0 Å². The van der Waals surface area contributed by atoms with Crippen molar-refractivity contribution in [3.8, 4) is 12.3 Å². The largest absolute Gasteiger partial charge is 0.481 e. The molecule has 0 aliphatic heterocycles. The summed E-state index contributed by atoms with van der Waals surface area (Å²) in [6.07, 6.45) is 8.88. The molecule has 0 spiro atoms. The predicted molar refractivity (Wildman–Crippen MR) is 63.4 cm³/mol. The lowest BCUT2D eigenvalue weighted by molar-refractivity contribution is -0.138. The summed E-state index contributed by atoms with van der Waals surface area (Å²) in [5.41, 5.74) is -0.577. The van der Waals surface area contributed by atoms with Crippen LogP contribution in [0.3, 0.4) is 0 Å². The summed E-state index contributed by atoms with van der Waals surface area (Å²) >= 11 is 0. The number of hydrogen-bond acceptors (Lipinski definition) is 2. The van der Waals surface area contributed by atoms with Crippen LogP contribution in [0.15, 0.2) is 0 Å². The molecular weight excluding hydrogens is 220 g/mol. The summed E-state index contributed by atoms with van der Waals surface area (Å²) in [5, 5.41) is 14.3. The summed E-state index contributed by atoms with van der Waals surface area (Å²) in [6, 6.07) is -0.330. The summed E-state index contributed by atoms with van der Waals surface area (Å²) < 4.78 is 0. The van der Waals surface area contributed by atoms with Gasteiger partial charge in [-0.15, -0.1) is 12.3 Å². The lowest BCUT2D eigenvalue weighted by atomic mass is 9.93. The Morgan fingerprint density at radius 2 is 2.00 bits per heavy atom. The third-order valence-electron chi connectivity index (χ3n) is 2.98. The van der Waals surface area contributed by atoms with Gasteiger partial charge in [0.1, 0.15) is 0 Å². The van der Waals surface area contributed by atoms with Crippen LogP contribution in [-0.4, -0.2) is 29.2 Å². The molecule has 2 amide bonds. The monoisotopic (exact) mass is 238 g/mol. The molecule has 0 radical (unpaired) electrons. The van der Waals surface area contributed by atoms with Gasteiger partial charge in [0, 0.05) is 13.0 Å². The Hall–Kier alpha value is -1.70. The molecule has 1 aliphatic rings. The zero-order chi connectivity index (χ0) is 12.7. The molecule has 0 unspecified atom stereocenters. The van der Waals surface area contributed by atoms with Crippen molar-refractivity contribution in [2.45, 2.75) is 44.1 Å². The first-order valence-corrected chi connectivity index (χ1v) is 5.79. The van der Waals surface area contributed by atoms with Crippen LogP contribution in [0.1, 0.15) is 38.5 Å². The van der Waals surface area contributed by atoms with Crippen molar-refractivity contribution in [1.29, 1.82) is 0 Å². The summed E-state index contributed by atoms with van der Waals surface area (Å²) in [7, 11) is 0. The number of carbonyl (C=O) groups is 2. The summed E-state index contributed by atoms with van der Waals surface area (Å²) in [6.45, 7) is 0.408. The number of carbonyl (C=O) groups excluding carboxylic acids is 1. The van der Waals surface area contributed by atoms with E-state index in [1.165, 1.54) is 0 Å². The first-order chi connectivity index (χ1) is 8.08. The zero-order valence-electron chi connectivity index (χ0n) is 9.79.